The molecular formula is C51H83N5O36. The Morgan fingerprint density at radius 2 is 0.652 bits per heavy atom. The van der Waals surface area contributed by atoms with Crippen LogP contribution in [0, 0.1) is 0 Å². The van der Waals surface area contributed by atoms with E-state index in [9.17, 15) is 112 Å². The Morgan fingerprint density at radius 1 is 0.402 bits per heavy atom. The maximum atomic E-state index is 14.0. The van der Waals surface area contributed by atoms with Gasteiger partial charge in [0, 0.05) is 37.8 Å². The van der Waals surface area contributed by atoms with E-state index in [1.165, 1.54) is 12.5 Å². The van der Waals surface area contributed by atoms with E-state index >= 15 is 0 Å². The summed E-state index contributed by atoms with van der Waals surface area (Å²) in [6.07, 6.45) is -70.3. The first-order valence-electron chi connectivity index (χ1n) is 29.5. The summed E-state index contributed by atoms with van der Waals surface area (Å²) in [6, 6.07) is -1.36. The number of aliphatic hydroxyl groups excluding tert-OH is 20. The lowest BCUT2D eigenvalue weighted by Gasteiger charge is -2.50. The van der Waals surface area contributed by atoms with Gasteiger partial charge in [0.05, 0.1) is 46.0 Å². The second-order valence-electron chi connectivity index (χ2n) is 23.2. The largest absolute Gasteiger partial charge is 0.394 e. The molecule has 2 amide bonds. The molecule has 25 N–H and O–H groups in total. The number of nitrogens with zero attached hydrogens (tertiary/aromatic N) is 1. The Morgan fingerprint density at radius 3 is 0.880 bits per heavy atom. The zero-order valence-electron chi connectivity index (χ0n) is 48.5. The first kappa shape index (κ1) is 73.0. The molecule has 21 saturated heterocycles. The smallest absolute Gasteiger partial charge is 0.243 e. The normalized spacial score (nSPS) is 48.5. The summed E-state index contributed by atoms with van der Waals surface area (Å²) in [5.41, 5.74) is 5.93. The molecule has 21 aliphatic rings. The molecule has 22 heterocycles. The molecule has 0 saturated carbocycles. The Labute approximate surface area is 520 Å². The first-order chi connectivity index (χ1) is 43.9. The Balaban J connectivity index is 1.02. The number of amides is 2. The lowest BCUT2D eigenvalue weighted by molar-refractivity contribution is -0.396. The Kier molecular flexibility index (Phi) is 25.4. The monoisotopic (exact) mass is 1340 g/mol. The number of hydrogen-bond donors (Lipinski definition) is 24. The lowest BCUT2D eigenvalue weighted by atomic mass is 9.95. The fourth-order valence-corrected chi connectivity index (χ4v) is 12.0. The molecule has 0 aliphatic carbocycles. The highest BCUT2D eigenvalue weighted by molar-refractivity contribution is 5.87. The molecule has 1 aromatic heterocycles. The number of aromatic amines is 1. The van der Waals surface area contributed by atoms with Gasteiger partial charge in [-0.15, -0.1) is 0 Å². The van der Waals surface area contributed by atoms with E-state index in [0.29, 0.717) is 5.69 Å². The molecule has 528 valence electrons. The second-order valence-corrected chi connectivity index (χ2v) is 23.2. The van der Waals surface area contributed by atoms with E-state index < -0.39 is 279 Å². The van der Waals surface area contributed by atoms with E-state index in [-0.39, 0.29) is 19.4 Å². The molecule has 0 radical (unpaired) electrons. The van der Waals surface area contributed by atoms with Gasteiger partial charge in [-0.05, 0) is 0 Å². The van der Waals surface area contributed by atoms with Gasteiger partial charge >= 0.3 is 0 Å². The van der Waals surface area contributed by atoms with Crippen LogP contribution in [0.15, 0.2) is 12.5 Å². The van der Waals surface area contributed by atoms with Gasteiger partial charge in [-0.2, -0.15) is 0 Å². The van der Waals surface area contributed by atoms with Gasteiger partial charge < -0.3 is 190 Å². The topological polar surface area (TPSA) is 647 Å². The number of nitrogens with two attached hydrogens (primary N) is 1. The summed E-state index contributed by atoms with van der Waals surface area (Å²) >= 11 is 0. The maximum Gasteiger partial charge on any atom is 0.243 e. The summed E-state index contributed by atoms with van der Waals surface area (Å²) in [6.45, 7) is -7.42. The minimum absolute atomic E-state index is 0.105. The number of ether oxygens (including phenoxy) is 14. The third-order valence-corrected chi connectivity index (χ3v) is 17.1. The number of hydrogen-bond acceptors (Lipinski definition) is 38. The van der Waals surface area contributed by atoms with Crippen LogP contribution in [-0.2, 0) is 82.3 Å². The van der Waals surface area contributed by atoms with Gasteiger partial charge in [0.25, 0.3) is 0 Å². The molecule has 92 heavy (non-hydrogen) atoms. The van der Waals surface area contributed by atoms with Crippen molar-refractivity contribution in [2.45, 2.75) is 234 Å². The van der Waals surface area contributed by atoms with E-state index in [1.54, 1.807) is 0 Å². The predicted octanol–water partition coefficient (Wildman–Crippen LogP) is -16.3. The molecular weight excluding hydrogens is 1260 g/mol. The lowest BCUT2D eigenvalue weighted by Crippen LogP contribution is -2.68. The standard InChI is InChI=1S/C51H83N5O36/c52-2-1-22(63)56-14(3-13-4-53-12-55-13)44(78)54-5-15-37-23(64)30(71)45(79-15)87-38-16(6-57)81-47(32(73)25(38)66)89-40-18(8-59)83-49(34(75)27(40)68)91-42-20(10-61)85-51(36(77)29(42)70)92-43-21(11-62)84-50(35(76)28(43)69)90-41-19(9-60)82-48(33(74)26(41)67)88-39-17(7-58)80-46(86-37)31(72)24(39)65/h4,12,14-21,23-43,45-51,57-62,64-77H,1-3,5-11,52H2,(H,53,55)(H,54,78)(H,56,63)/t14?,15-,16-,17-,18-,19-,20-,21-,23-,24-,25-,26-,27-,28-,29-,30-,31-,32+,33-,34+,35-,36-,37-,38-,39-,40-,41-,42-,43-,45-,46-,47-,48-,49-,50-,51-/m1/s1. The van der Waals surface area contributed by atoms with Crippen molar-refractivity contribution in [2.24, 2.45) is 5.73 Å². The van der Waals surface area contributed by atoms with Crippen LogP contribution in [0.4, 0.5) is 0 Å². The van der Waals surface area contributed by atoms with Crippen molar-refractivity contribution in [3.8, 4) is 0 Å². The minimum Gasteiger partial charge on any atom is -0.394 e. The third-order valence-electron chi connectivity index (χ3n) is 17.1. The summed E-state index contributed by atoms with van der Waals surface area (Å²) in [4.78, 5) is 33.5. The summed E-state index contributed by atoms with van der Waals surface area (Å²) in [5, 5.41) is 230. The Bertz CT molecular complexity index is 2440. The molecule has 21 aliphatic heterocycles. The van der Waals surface area contributed by atoms with E-state index in [2.05, 4.69) is 20.6 Å². The van der Waals surface area contributed by atoms with Gasteiger partial charge in [0.1, 0.15) is 177 Å². The highest BCUT2D eigenvalue weighted by Gasteiger charge is 2.60. The highest BCUT2D eigenvalue weighted by atomic mass is 16.8. The molecule has 14 bridgehead atoms. The van der Waals surface area contributed by atoms with Crippen molar-refractivity contribution in [1.82, 2.24) is 20.6 Å². The fourth-order valence-electron chi connectivity index (χ4n) is 12.0. The van der Waals surface area contributed by atoms with Crippen LogP contribution in [0.5, 0.6) is 0 Å². The van der Waals surface area contributed by atoms with Crippen LogP contribution < -0.4 is 16.4 Å². The molecule has 0 aromatic carbocycles. The SMILES string of the molecule is NCCC(=O)NC(Cc1cnc[nH]1)C(=O)NC[C@H]1O[C@@H]2O[C@H]3[C@H](O)[C@H](O)[C@@H](O[C@H]4[C@H](O)[C@H](O)[C@@H](O[C@H]5[C@H](O)[C@@H](O)[C@@H](O[C@H]6[C@H](O)[C@@H](O)[C@@H](O[C@H]7[C@H](O)[C@@H](O)[C@@H](O[C@H]8[C@H](O)[C@@H](O)[C@@H](O[C@H]1[C@H](O)[C@H]2O)O[C@@H]8CO)O[C@@H]7CO)O[C@@H]6CO)O[C@@H]5CO)O[C@@H]4CO)O[C@@H]3CO. The summed E-state index contributed by atoms with van der Waals surface area (Å²) < 4.78 is 81.2. The maximum absolute atomic E-state index is 14.0. The zero-order chi connectivity index (χ0) is 66.7. The average Bonchev–Trinajstić information content (AvgIpc) is 0.863. The molecule has 36 atom stereocenters. The first-order valence-corrected chi connectivity index (χ1v) is 29.5. The van der Waals surface area contributed by atoms with Gasteiger partial charge in [-0.1, -0.05) is 0 Å². The van der Waals surface area contributed by atoms with Crippen LogP contribution in [0.3, 0.4) is 0 Å². The second kappa shape index (κ2) is 32.0. The van der Waals surface area contributed by atoms with E-state index in [0.717, 1.165) is 0 Å². The molecule has 41 nitrogen and oxygen atoms in total. The van der Waals surface area contributed by atoms with Crippen molar-refractivity contribution < 1.29 is 178 Å². The number of carbonyl (C=O) groups is 2. The summed E-state index contributed by atoms with van der Waals surface area (Å²) in [5.74, 6) is -1.57. The van der Waals surface area contributed by atoms with Crippen LogP contribution in [0.1, 0.15) is 12.1 Å². The number of rotatable bonds is 14. The van der Waals surface area contributed by atoms with Crippen molar-refractivity contribution in [3.05, 3.63) is 18.2 Å². The van der Waals surface area contributed by atoms with Crippen molar-refractivity contribution in [1.29, 1.82) is 0 Å². The van der Waals surface area contributed by atoms with Gasteiger partial charge in [0.15, 0.2) is 44.0 Å². The number of nitrogens with one attached hydrogen (secondary N) is 3. The molecule has 21 fully saturated rings. The number of imidazole rings is 1. The molecule has 1 aromatic rings. The van der Waals surface area contributed by atoms with Crippen LogP contribution in [0.25, 0.3) is 0 Å². The minimum atomic E-state index is -2.32. The Hall–Kier alpha value is -3.25. The van der Waals surface area contributed by atoms with E-state index in [4.69, 9.17) is 72.0 Å². The fraction of sp³-hybridized carbons (Fsp3) is 0.902. The molecule has 22 rings (SSSR count). The number of carbonyl (C=O) groups excluding carboxylic acids is 2. The van der Waals surface area contributed by atoms with Crippen LogP contribution in [-0.4, -0.2) is 398 Å². The number of H-pyrrole nitrogens is 1. The quantitative estimate of drug-likeness (QED) is 0.0822. The van der Waals surface area contributed by atoms with Gasteiger partial charge in [-0.3, -0.25) is 9.59 Å². The van der Waals surface area contributed by atoms with Crippen LogP contribution in [0.2, 0.25) is 0 Å². The molecule has 41 heteroatoms. The highest BCUT2D eigenvalue weighted by Crippen LogP contribution is 2.39. The van der Waals surface area contributed by atoms with Gasteiger partial charge in [-0.25, -0.2) is 4.98 Å². The summed E-state index contributed by atoms with van der Waals surface area (Å²) in [7, 11) is 0. The average molecular weight is 1340 g/mol. The molecule has 1 unspecified atom stereocenters. The van der Waals surface area contributed by atoms with Crippen LogP contribution >= 0.6 is 0 Å². The number of aliphatic hydroxyl groups is 20. The predicted molar refractivity (Wildman–Crippen MR) is 282 cm³/mol. The van der Waals surface area contributed by atoms with Gasteiger partial charge in [0.2, 0.25) is 11.8 Å². The van der Waals surface area contributed by atoms with Crippen molar-refractivity contribution in [2.75, 3.05) is 52.7 Å². The third kappa shape index (κ3) is 15.4. The zero-order valence-corrected chi connectivity index (χ0v) is 48.5. The number of aromatic nitrogens is 2. The van der Waals surface area contributed by atoms with Crippen molar-refractivity contribution in [3.63, 3.8) is 0 Å². The van der Waals surface area contributed by atoms with Crippen molar-refractivity contribution >= 4 is 11.8 Å². The molecule has 0 spiro atoms. The van der Waals surface area contributed by atoms with E-state index in [1.807, 2.05) is 0 Å².